The standard InChI is InChI=1S/C14H14BrClFNS/c1-2-8-18-14(11-6-7-12(15)19-11)13-9(16)4-3-5-10(13)17/h3-7,14,18H,2,8H2,1H3. The van der Waals surface area contributed by atoms with E-state index in [0.717, 1.165) is 21.6 Å². The number of halogens is 3. The number of thiophene rings is 1. The van der Waals surface area contributed by atoms with Gasteiger partial charge in [-0.3, -0.25) is 0 Å². The Morgan fingerprint density at radius 2 is 2.16 bits per heavy atom. The van der Waals surface area contributed by atoms with Gasteiger partial charge in [-0.15, -0.1) is 11.3 Å². The largest absolute Gasteiger partial charge is 0.305 e. The zero-order chi connectivity index (χ0) is 13.8. The summed E-state index contributed by atoms with van der Waals surface area (Å²) in [5.41, 5.74) is 0.520. The maximum Gasteiger partial charge on any atom is 0.129 e. The molecular formula is C14H14BrClFNS. The molecule has 1 nitrogen and oxygen atoms in total. The molecule has 0 saturated carbocycles. The summed E-state index contributed by atoms with van der Waals surface area (Å²) in [4.78, 5) is 1.05. The van der Waals surface area contributed by atoms with Crippen LogP contribution in [0, 0.1) is 5.82 Å². The molecule has 1 N–H and O–H groups in total. The second kappa shape index (κ2) is 6.84. The molecule has 0 spiro atoms. The Morgan fingerprint density at radius 1 is 1.37 bits per heavy atom. The van der Waals surface area contributed by atoms with Crippen molar-refractivity contribution in [2.75, 3.05) is 6.54 Å². The minimum Gasteiger partial charge on any atom is -0.305 e. The van der Waals surface area contributed by atoms with Crippen LogP contribution < -0.4 is 5.32 Å². The molecule has 102 valence electrons. The van der Waals surface area contributed by atoms with Crippen LogP contribution in [0.5, 0.6) is 0 Å². The Bertz CT molecular complexity index is 538. The quantitative estimate of drug-likeness (QED) is 0.751. The molecule has 1 aromatic heterocycles. The molecule has 0 aliphatic heterocycles. The van der Waals surface area contributed by atoms with Crippen LogP contribution in [-0.4, -0.2) is 6.54 Å². The van der Waals surface area contributed by atoms with Crippen LogP contribution in [0.25, 0.3) is 0 Å². The van der Waals surface area contributed by atoms with Crippen LogP contribution in [0.15, 0.2) is 34.1 Å². The van der Waals surface area contributed by atoms with Gasteiger partial charge in [0.25, 0.3) is 0 Å². The lowest BCUT2D eigenvalue weighted by Crippen LogP contribution is -2.23. The van der Waals surface area contributed by atoms with Gasteiger partial charge in [-0.2, -0.15) is 0 Å². The molecule has 1 heterocycles. The number of hydrogen-bond donors (Lipinski definition) is 1. The third kappa shape index (κ3) is 3.57. The first-order valence-corrected chi connectivity index (χ1v) is 8.04. The van der Waals surface area contributed by atoms with Crippen LogP contribution in [0.4, 0.5) is 4.39 Å². The Hall–Kier alpha value is -0.420. The fourth-order valence-corrected chi connectivity index (χ4v) is 3.68. The Morgan fingerprint density at radius 3 is 2.74 bits per heavy atom. The van der Waals surface area contributed by atoms with E-state index in [1.54, 1.807) is 23.5 Å². The zero-order valence-corrected chi connectivity index (χ0v) is 13.6. The lowest BCUT2D eigenvalue weighted by molar-refractivity contribution is 0.551. The SMILES string of the molecule is CCCNC(c1ccc(Br)s1)c1c(F)cccc1Cl. The van der Waals surface area contributed by atoms with E-state index in [1.807, 2.05) is 12.1 Å². The molecular weight excluding hydrogens is 349 g/mol. The minimum absolute atomic E-state index is 0.204. The van der Waals surface area contributed by atoms with E-state index >= 15 is 0 Å². The number of nitrogens with one attached hydrogen (secondary N) is 1. The van der Waals surface area contributed by atoms with Crippen LogP contribution in [0.3, 0.4) is 0 Å². The van der Waals surface area contributed by atoms with Gasteiger partial charge >= 0.3 is 0 Å². The average Bonchev–Trinajstić information content (AvgIpc) is 2.79. The first-order chi connectivity index (χ1) is 9.13. The van der Waals surface area contributed by atoms with Crippen molar-refractivity contribution >= 4 is 38.9 Å². The van der Waals surface area contributed by atoms with Crippen molar-refractivity contribution < 1.29 is 4.39 Å². The molecule has 2 rings (SSSR count). The van der Waals surface area contributed by atoms with Crippen molar-refractivity contribution in [1.82, 2.24) is 5.32 Å². The van der Waals surface area contributed by atoms with E-state index in [0.29, 0.717) is 10.6 Å². The topological polar surface area (TPSA) is 12.0 Å². The van der Waals surface area contributed by atoms with Gasteiger partial charge in [-0.1, -0.05) is 24.6 Å². The van der Waals surface area contributed by atoms with Crippen molar-refractivity contribution in [3.05, 3.63) is 55.4 Å². The van der Waals surface area contributed by atoms with E-state index in [2.05, 4.69) is 28.2 Å². The van der Waals surface area contributed by atoms with Crippen molar-refractivity contribution in [3.8, 4) is 0 Å². The zero-order valence-electron chi connectivity index (χ0n) is 10.4. The summed E-state index contributed by atoms with van der Waals surface area (Å²) in [5.74, 6) is -0.273. The molecule has 0 aliphatic rings. The first kappa shape index (κ1) is 15.0. The highest BCUT2D eigenvalue weighted by molar-refractivity contribution is 9.11. The van der Waals surface area contributed by atoms with Gasteiger partial charge in [0.05, 0.1) is 9.83 Å². The second-order valence-corrected chi connectivity index (χ2v) is 7.07. The highest BCUT2D eigenvalue weighted by Crippen LogP contribution is 2.35. The van der Waals surface area contributed by atoms with Crippen molar-refractivity contribution in [3.63, 3.8) is 0 Å². The van der Waals surface area contributed by atoms with E-state index in [4.69, 9.17) is 11.6 Å². The Kier molecular flexibility index (Phi) is 5.39. The Labute approximate surface area is 129 Å². The number of benzene rings is 1. The summed E-state index contributed by atoms with van der Waals surface area (Å²) in [6, 6.07) is 8.56. The summed E-state index contributed by atoms with van der Waals surface area (Å²) < 4.78 is 15.1. The van der Waals surface area contributed by atoms with E-state index < -0.39 is 0 Å². The fourth-order valence-electron chi connectivity index (χ4n) is 1.90. The van der Waals surface area contributed by atoms with Crippen LogP contribution in [0.1, 0.15) is 29.8 Å². The van der Waals surface area contributed by atoms with Crippen LogP contribution >= 0.6 is 38.9 Å². The molecule has 0 aliphatic carbocycles. The number of rotatable bonds is 5. The van der Waals surface area contributed by atoms with Crippen molar-refractivity contribution in [2.45, 2.75) is 19.4 Å². The molecule has 19 heavy (non-hydrogen) atoms. The normalized spacial score (nSPS) is 12.6. The second-order valence-electron chi connectivity index (χ2n) is 4.16. The maximum absolute atomic E-state index is 14.1. The van der Waals surface area contributed by atoms with Crippen LogP contribution in [-0.2, 0) is 0 Å². The minimum atomic E-state index is -0.273. The third-order valence-corrected chi connectivity index (χ3v) is 4.78. The predicted molar refractivity (Wildman–Crippen MR) is 83.6 cm³/mol. The molecule has 1 unspecified atom stereocenters. The summed E-state index contributed by atoms with van der Waals surface area (Å²) in [6.45, 7) is 2.89. The van der Waals surface area contributed by atoms with Crippen molar-refractivity contribution in [1.29, 1.82) is 0 Å². The lowest BCUT2D eigenvalue weighted by atomic mass is 10.0. The van der Waals surface area contributed by atoms with Gasteiger partial charge in [-0.25, -0.2) is 4.39 Å². The van der Waals surface area contributed by atoms with E-state index in [1.165, 1.54) is 6.07 Å². The average molecular weight is 363 g/mol. The molecule has 0 saturated heterocycles. The molecule has 0 fully saturated rings. The van der Waals surface area contributed by atoms with Crippen molar-refractivity contribution in [2.24, 2.45) is 0 Å². The van der Waals surface area contributed by atoms with Gasteiger partial charge in [0.1, 0.15) is 5.82 Å². The molecule has 0 amide bonds. The molecule has 0 radical (unpaired) electrons. The third-order valence-electron chi connectivity index (χ3n) is 2.77. The first-order valence-electron chi connectivity index (χ1n) is 6.06. The molecule has 1 aromatic carbocycles. The van der Waals surface area contributed by atoms with Gasteiger partial charge in [0.2, 0.25) is 0 Å². The smallest absolute Gasteiger partial charge is 0.129 e. The molecule has 1 atom stereocenters. The highest BCUT2D eigenvalue weighted by Gasteiger charge is 2.21. The Balaban J connectivity index is 2.42. The lowest BCUT2D eigenvalue weighted by Gasteiger charge is -2.19. The van der Waals surface area contributed by atoms with E-state index in [9.17, 15) is 4.39 Å². The summed E-state index contributed by atoms with van der Waals surface area (Å²) >= 11 is 11.2. The fraction of sp³-hybridized carbons (Fsp3) is 0.286. The molecule has 0 bridgehead atoms. The summed E-state index contributed by atoms with van der Waals surface area (Å²) in [7, 11) is 0. The maximum atomic E-state index is 14.1. The summed E-state index contributed by atoms with van der Waals surface area (Å²) in [5, 5.41) is 3.82. The highest BCUT2D eigenvalue weighted by atomic mass is 79.9. The molecule has 2 aromatic rings. The summed E-state index contributed by atoms with van der Waals surface area (Å²) in [6.07, 6.45) is 0.981. The van der Waals surface area contributed by atoms with Gasteiger partial charge in [0, 0.05) is 15.5 Å². The van der Waals surface area contributed by atoms with Crippen LogP contribution in [0.2, 0.25) is 5.02 Å². The molecule has 5 heteroatoms. The number of hydrogen-bond acceptors (Lipinski definition) is 2. The van der Waals surface area contributed by atoms with Gasteiger partial charge in [0.15, 0.2) is 0 Å². The van der Waals surface area contributed by atoms with E-state index in [-0.39, 0.29) is 11.9 Å². The predicted octanol–water partition coefficient (Wildman–Crippen LogP) is 5.39. The monoisotopic (exact) mass is 361 g/mol. The van der Waals surface area contributed by atoms with Gasteiger partial charge in [-0.05, 0) is 53.2 Å². The van der Waals surface area contributed by atoms with Gasteiger partial charge < -0.3 is 5.32 Å².